The van der Waals surface area contributed by atoms with Gasteiger partial charge in [0.2, 0.25) is 0 Å². The lowest BCUT2D eigenvalue weighted by atomic mass is 9.87. The van der Waals surface area contributed by atoms with Crippen molar-refractivity contribution in [2.45, 2.75) is 32.6 Å². The SMILES string of the molecule is CC[C@H]1CCc2sc(C(=O)OCCN3C(=O)c4ccccc4C3=O)cc2C1. The summed E-state index contributed by atoms with van der Waals surface area (Å²) in [6.45, 7) is 2.28. The Balaban J connectivity index is 1.35. The van der Waals surface area contributed by atoms with E-state index in [1.165, 1.54) is 28.2 Å². The molecule has 1 aliphatic heterocycles. The van der Waals surface area contributed by atoms with Crippen LogP contribution in [0.3, 0.4) is 0 Å². The highest BCUT2D eigenvalue weighted by atomic mass is 32.1. The number of thiophene rings is 1. The van der Waals surface area contributed by atoms with Gasteiger partial charge in [-0.15, -0.1) is 11.3 Å². The number of aryl methyl sites for hydroxylation is 1. The van der Waals surface area contributed by atoms with Crippen molar-refractivity contribution in [3.05, 3.63) is 56.8 Å². The summed E-state index contributed by atoms with van der Waals surface area (Å²) in [6, 6.07) is 8.69. The van der Waals surface area contributed by atoms with Gasteiger partial charge in [-0.25, -0.2) is 4.79 Å². The highest BCUT2D eigenvalue weighted by Gasteiger charge is 2.35. The number of hydrogen-bond donors (Lipinski definition) is 0. The zero-order valence-corrected chi connectivity index (χ0v) is 16.0. The second-order valence-electron chi connectivity index (χ2n) is 7.02. The maximum absolute atomic E-state index is 12.4. The molecule has 0 saturated heterocycles. The molecule has 1 aliphatic carbocycles. The van der Waals surface area contributed by atoms with Gasteiger partial charge in [-0.05, 0) is 48.9 Å². The summed E-state index contributed by atoms with van der Waals surface area (Å²) in [5.74, 6) is -0.337. The van der Waals surface area contributed by atoms with Crippen molar-refractivity contribution in [3.8, 4) is 0 Å². The number of fused-ring (bicyclic) bond motifs is 2. The van der Waals surface area contributed by atoms with Crippen LogP contribution in [0.15, 0.2) is 30.3 Å². The Morgan fingerprint density at radius 1 is 1.22 bits per heavy atom. The molecular formula is C21H21NO4S. The third-order valence-electron chi connectivity index (χ3n) is 5.39. The van der Waals surface area contributed by atoms with E-state index in [4.69, 9.17) is 4.74 Å². The van der Waals surface area contributed by atoms with Gasteiger partial charge < -0.3 is 4.74 Å². The van der Waals surface area contributed by atoms with Crippen LogP contribution in [-0.2, 0) is 17.6 Å². The molecule has 4 rings (SSSR count). The minimum Gasteiger partial charge on any atom is -0.460 e. The number of nitrogens with zero attached hydrogens (tertiary/aromatic N) is 1. The van der Waals surface area contributed by atoms with Crippen molar-refractivity contribution in [2.75, 3.05) is 13.2 Å². The van der Waals surface area contributed by atoms with Gasteiger partial charge in [0.25, 0.3) is 11.8 Å². The van der Waals surface area contributed by atoms with Crippen molar-refractivity contribution in [1.29, 1.82) is 0 Å². The smallest absolute Gasteiger partial charge is 0.348 e. The van der Waals surface area contributed by atoms with Gasteiger partial charge in [-0.2, -0.15) is 0 Å². The van der Waals surface area contributed by atoms with E-state index in [2.05, 4.69) is 6.92 Å². The van der Waals surface area contributed by atoms with E-state index < -0.39 is 0 Å². The lowest BCUT2D eigenvalue weighted by Gasteiger charge is -2.19. The number of amides is 2. The van der Waals surface area contributed by atoms with Gasteiger partial charge in [0, 0.05) is 4.88 Å². The first-order chi connectivity index (χ1) is 13.1. The fourth-order valence-electron chi connectivity index (χ4n) is 3.79. The van der Waals surface area contributed by atoms with Gasteiger partial charge in [0.1, 0.15) is 11.5 Å². The highest BCUT2D eigenvalue weighted by molar-refractivity contribution is 7.14. The predicted octanol–water partition coefficient (Wildman–Crippen LogP) is 3.72. The van der Waals surface area contributed by atoms with E-state index in [9.17, 15) is 14.4 Å². The van der Waals surface area contributed by atoms with Crippen LogP contribution in [0, 0.1) is 5.92 Å². The summed E-state index contributed by atoms with van der Waals surface area (Å²) >= 11 is 1.51. The predicted molar refractivity (Wildman–Crippen MR) is 102 cm³/mol. The Kier molecular flexibility index (Phi) is 4.83. The topological polar surface area (TPSA) is 63.7 Å². The van der Waals surface area contributed by atoms with Gasteiger partial charge >= 0.3 is 5.97 Å². The van der Waals surface area contributed by atoms with Crippen LogP contribution in [0.2, 0.25) is 0 Å². The third-order valence-corrected chi connectivity index (χ3v) is 6.61. The van der Waals surface area contributed by atoms with Gasteiger partial charge in [0.05, 0.1) is 17.7 Å². The van der Waals surface area contributed by atoms with Crippen LogP contribution in [0.5, 0.6) is 0 Å². The Hall–Kier alpha value is -2.47. The molecule has 2 aliphatic rings. The molecule has 27 heavy (non-hydrogen) atoms. The lowest BCUT2D eigenvalue weighted by Crippen LogP contribution is -2.33. The first-order valence-corrected chi connectivity index (χ1v) is 10.1. The molecule has 0 N–H and O–H groups in total. The molecule has 140 valence electrons. The van der Waals surface area contributed by atoms with E-state index >= 15 is 0 Å². The van der Waals surface area contributed by atoms with Crippen LogP contribution >= 0.6 is 11.3 Å². The van der Waals surface area contributed by atoms with Crippen LogP contribution in [0.4, 0.5) is 0 Å². The van der Waals surface area contributed by atoms with Crippen molar-refractivity contribution in [2.24, 2.45) is 5.92 Å². The molecule has 0 unspecified atom stereocenters. The van der Waals surface area contributed by atoms with E-state index in [-0.39, 0.29) is 30.9 Å². The summed E-state index contributed by atoms with van der Waals surface area (Å²) in [5, 5.41) is 0. The van der Waals surface area contributed by atoms with E-state index in [0.29, 0.717) is 21.9 Å². The van der Waals surface area contributed by atoms with Crippen molar-refractivity contribution in [3.63, 3.8) is 0 Å². The summed E-state index contributed by atoms with van der Waals surface area (Å²) in [7, 11) is 0. The minimum atomic E-state index is -0.376. The van der Waals surface area contributed by atoms with Gasteiger partial charge in [0.15, 0.2) is 0 Å². The standard InChI is InChI=1S/C21H21NO4S/c1-2-13-7-8-17-14(11-13)12-18(27-17)21(25)26-10-9-22-19(23)15-5-3-4-6-16(15)20(22)24/h3-6,12-13H,2,7-11H2,1H3/t13-/m0/s1. The summed E-state index contributed by atoms with van der Waals surface area (Å²) in [5.41, 5.74) is 2.08. The molecule has 5 nitrogen and oxygen atoms in total. The first-order valence-electron chi connectivity index (χ1n) is 9.32. The maximum Gasteiger partial charge on any atom is 0.348 e. The Bertz CT molecular complexity index is 882. The van der Waals surface area contributed by atoms with Crippen molar-refractivity contribution >= 4 is 29.1 Å². The second kappa shape index (κ2) is 7.27. The minimum absolute atomic E-state index is 0.00442. The molecule has 0 saturated carbocycles. The quantitative estimate of drug-likeness (QED) is 0.583. The average molecular weight is 383 g/mol. The van der Waals surface area contributed by atoms with Gasteiger partial charge in [-0.3, -0.25) is 14.5 Å². The fourth-order valence-corrected chi connectivity index (χ4v) is 4.89. The maximum atomic E-state index is 12.4. The fraction of sp³-hybridized carbons (Fsp3) is 0.381. The molecule has 0 spiro atoms. The van der Waals surface area contributed by atoms with Crippen LogP contribution in [0.1, 0.15) is 60.6 Å². The summed E-state index contributed by atoms with van der Waals surface area (Å²) in [4.78, 5) is 40.0. The van der Waals surface area contributed by atoms with Crippen molar-refractivity contribution in [1.82, 2.24) is 4.90 Å². The Morgan fingerprint density at radius 3 is 2.59 bits per heavy atom. The summed E-state index contributed by atoms with van der Waals surface area (Å²) < 4.78 is 5.34. The lowest BCUT2D eigenvalue weighted by molar-refractivity contribution is 0.0424. The van der Waals surface area contributed by atoms with E-state index in [1.807, 2.05) is 6.07 Å². The number of benzene rings is 1. The van der Waals surface area contributed by atoms with E-state index in [0.717, 1.165) is 24.2 Å². The van der Waals surface area contributed by atoms with Crippen LogP contribution in [0.25, 0.3) is 0 Å². The third kappa shape index (κ3) is 3.30. The number of ether oxygens (including phenoxy) is 1. The zero-order valence-electron chi connectivity index (χ0n) is 15.2. The molecule has 6 heteroatoms. The summed E-state index contributed by atoms with van der Waals surface area (Å²) in [6.07, 6.45) is 4.40. The normalized spacial score (nSPS) is 18.4. The average Bonchev–Trinajstić information content (AvgIpc) is 3.22. The van der Waals surface area contributed by atoms with Gasteiger partial charge in [-0.1, -0.05) is 25.5 Å². The number of esters is 1. The second-order valence-corrected chi connectivity index (χ2v) is 8.16. The van der Waals surface area contributed by atoms with Crippen molar-refractivity contribution < 1.29 is 19.1 Å². The van der Waals surface area contributed by atoms with Crippen LogP contribution < -0.4 is 0 Å². The Morgan fingerprint density at radius 2 is 1.93 bits per heavy atom. The first kappa shape index (κ1) is 17.9. The number of carbonyl (C=O) groups is 3. The number of hydrogen-bond acceptors (Lipinski definition) is 5. The monoisotopic (exact) mass is 383 g/mol. The molecular weight excluding hydrogens is 362 g/mol. The molecule has 1 atom stereocenters. The molecule has 0 radical (unpaired) electrons. The molecule has 2 aromatic rings. The van der Waals surface area contributed by atoms with E-state index in [1.54, 1.807) is 24.3 Å². The molecule has 1 aromatic carbocycles. The molecule has 0 fully saturated rings. The number of rotatable bonds is 5. The molecule has 1 aromatic heterocycles. The van der Waals surface area contributed by atoms with Crippen LogP contribution in [-0.4, -0.2) is 35.8 Å². The molecule has 2 amide bonds. The molecule has 0 bridgehead atoms. The highest BCUT2D eigenvalue weighted by Crippen LogP contribution is 2.33. The molecule has 2 heterocycles. The number of imide groups is 1. The largest absolute Gasteiger partial charge is 0.460 e. The number of carbonyl (C=O) groups excluding carboxylic acids is 3. The zero-order chi connectivity index (χ0) is 19.0. The Labute approximate surface area is 161 Å².